The maximum atomic E-state index is 12.7. The Morgan fingerprint density at radius 3 is 2.25 bits per heavy atom. The Labute approximate surface area is 138 Å². The average Bonchev–Trinajstić information content (AvgIpc) is 3.15. The summed E-state index contributed by atoms with van der Waals surface area (Å²) in [5, 5.41) is 24.1. The highest BCUT2D eigenvalue weighted by Crippen LogP contribution is 2.73. The third kappa shape index (κ3) is 1.53. The van der Waals surface area contributed by atoms with Gasteiger partial charge in [-0.2, -0.15) is 10.1 Å². The number of benzene rings is 1. The zero-order chi connectivity index (χ0) is 16.6. The fraction of sp³-hybridized carbons (Fsp3) is 0.389. The molecular weight excluding hydrogens is 308 g/mol. The SMILES string of the molecule is O=C1C2C(C(=O)N1N=Cc1ccc(O)cc1O)C1C=CC2C12CC2. The van der Waals surface area contributed by atoms with Crippen molar-refractivity contribution < 1.29 is 19.8 Å². The highest BCUT2D eigenvalue weighted by molar-refractivity contribution is 6.07. The minimum absolute atomic E-state index is 0.0649. The molecule has 2 amide bonds. The van der Waals surface area contributed by atoms with Gasteiger partial charge in [0.1, 0.15) is 11.5 Å². The van der Waals surface area contributed by atoms with Crippen LogP contribution in [0.3, 0.4) is 0 Å². The van der Waals surface area contributed by atoms with Crippen molar-refractivity contribution in [1.29, 1.82) is 0 Å². The van der Waals surface area contributed by atoms with Gasteiger partial charge in [-0.15, -0.1) is 0 Å². The Morgan fingerprint density at radius 2 is 1.71 bits per heavy atom. The Hall–Kier alpha value is -2.63. The monoisotopic (exact) mass is 324 g/mol. The Balaban J connectivity index is 1.44. The average molecular weight is 324 g/mol. The number of amides is 2. The van der Waals surface area contributed by atoms with Crippen molar-refractivity contribution in [1.82, 2.24) is 5.01 Å². The van der Waals surface area contributed by atoms with E-state index in [9.17, 15) is 19.8 Å². The van der Waals surface area contributed by atoms with E-state index in [1.54, 1.807) is 0 Å². The summed E-state index contributed by atoms with van der Waals surface area (Å²) in [6, 6.07) is 4.07. The van der Waals surface area contributed by atoms with E-state index in [-0.39, 0.29) is 52.4 Å². The molecule has 2 bridgehead atoms. The van der Waals surface area contributed by atoms with Crippen LogP contribution in [0.4, 0.5) is 0 Å². The number of carbonyl (C=O) groups excluding carboxylic acids is 2. The summed E-state index contributed by atoms with van der Waals surface area (Å²) in [4.78, 5) is 25.4. The summed E-state index contributed by atoms with van der Waals surface area (Å²) in [5.74, 6) is -0.898. The maximum absolute atomic E-state index is 12.7. The summed E-state index contributed by atoms with van der Waals surface area (Å²) < 4.78 is 0. The first-order valence-electron chi connectivity index (χ1n) is 8.15. The maximum Gasteiger partial charge on any atom is 0.254 e. The number of phenolic OH excluding ortho intramolecular Hbond substituents is 2. The molecule has 1 spiro atoms. The van der Waals surface area contributed by atoms with Crippen LogP contribution in [0.1, 0.15) is 18.4 Å². The number of hydrogen-bond acceptors (Lipinski definition) is 5. The molecule has 122 valence electrons. The Kier molecular flexibility index (Phi) is 2.44. The largest absolute Gasteiger partial charge is 0.508 e. The smallest absolute Gasteiger partial charge is 0.254 e. The van der Waals surface area contributed by atoms with E-state index >= 15 is 0 Å². The predicted octanol–water partition coefficient (Wildman–Crippen LogP) is 1.63. The van der Waals surface area contributed by atoms with Crippen LogP contribution in [0.2, 0.25) is 0 Å². The minimum atomic E-state index is -0.277. The summed E-state index contributed by atoms with van der Waals surface area (Å²) in [7, 11) is 0. The third-order valence-electron chi connectivity index (χ3n) is 6.16. The van der Waals surface area contributed by atoms with Crippen LogP contribution in [0.5, 0.6) is 11.5 Å². The highest BCUT2D eigenvalue weighted by Gasteiger charge is 2.73. The van der Waals surface area contributed by atoms with Crippen LogP contribution < -0.4 is 0 Å². The van der Waals surface area contributed by atoms with Gasteiger partial charge in [0.25, 0.3) is 11.8 Å². The molecule has 3 aliphatic carbocycles. The first-order chi connectivity index (χ1) is 11.5. The van der Waals surface area contributed by atoms with Gasteiger partial charge in [0.15, 0.2) is 0 Å². The van der Waals surface area contributed by atoms with Crippen LogP contribution in [0.15, 0.2) is 35.5 Å². The van der Waals surface area contributed by atoms with E-state index in [1.807, 2.05) is 0 Å². The summed E-state index contributed by atoms with van der Waals surface area (Å²) in [6.45, 7) is 0. The standard InChI is InChI=1S/C18H16N2O4/c21-10-2-1-9(13(22)7-10)8-19-20-16(23)14-11-3-4-12(15(14)17(20)24)18(11)5-6-18/h1-4,7-8,11-12,14-15,21-22H,5-6H2. The number of aromatic hydroxyl groups is 2. The molecule has 2 N–H and O–H groups in total. The molecule has 4 aliphatic rings. The van der Waals surface area contributed by atoms with Gasteiger partial charge >= 0.3 is 0 Å². The predicted molar refractivity (Wildman–Crippen MR) is 84.0 cm³/mol. The van der Waals surface area contributed by atoms with Crippen molar-refractivity contribution in [3.63, 3.8) is 0 Å². The highest BCUT2D eigenvalue weighted by atomic mass is 16.3. The van der Waals surface area contributed by atoms with Gasteiger partial charge in [-0.1, -0.05) is 12.2 Å². The number of fused-ring (bicyclic) bond motifs is 3. The number of hydrogen-bond donors (Lipinski definition) is 2. The number of carbonyl (C=O) groups is 2. The zero-order valence-corrected chi connectivity index (χ0v) is 12.8. The first-order valence-corrected chi connectivity index (χ1v) is 8.15. The summed E-state index contributed by atoms with van der Waals surface area (Å²) in [6.07, 6.45) is 7.72. The van der Waals surface area contributed by atoms with E-state index < -0.39 is 0 Å². The molecule has 4 unspecified atom stereocenters. The first kappa shape index (κ1) is 13.8. The summed E-state index contributed by atoms with van der Waals surface area (Å²) in [5.41, 5.74) is 0.510. The molecular formula is C18H16N2O4. The van der Waals surface area contributed by atoms with Crippen molar-refractivity contribution in [2.24, 2.45) is 34.2 Å². The second-order valence-electron chi connectivity index (χ2n) is 7.20. The fourth-order valence-electron chi connectivity index (χ4n) is 4.94. The van der Waals surface area contributed by atoms with Crippen LogP contribution in [-0.2, 0) is 9.59 Å². The lowest BCUT2D eigenvalue weighted by Crippen LogP contribution is -2.30. The summed E-state index contributed by atoms with van der Waals surface area (Å²) >= 11 is 0. The second-order valence-corrected chi connectivity index (χ2v) is 7.20. The van der Waals surface area contributed by atoms with Crippen molar-refractivity contribution in [2.45, 2.75) is 12.8 Å². The van der Waals surface area contributed by atoms with Crippen LogP contribution >= 0.6 is 0 Å². The second kappa shape index (κ2) is 4.26. The Bertz CT molecular complexity index is 805. The van der Waals surface area contributed by atoms with Crippen LogP contribution in [0.25, 0.3) is 0 Å². The molecule has 1 saturated heterocycles. The molecule has 1 heterocycles. The number of allylic oxidation sites excluding steroid dienone is 2. The molecule has 2 saturated carbocycles. The molecule has 24 heavy (non-hydrogen) atoms. The van der Waals surface area contributed by atoms with Crippen molar-refractivity contribution in [2.75, 3.05) is 0 Å². The van der Waals surface area contributed by atoms with Gasteiger partial charge in [0.2, 0.25) is 0 Å². The number of phenols is 2. The molecule has 0 radical (unpaired) electrons. The van der Waals surface area contributed by atoms with Crippen molar-refractivity contribution >= 4 is 18.0 Å². The van der Waals surface area contributed by atoms with E-state index in [0.29, 0.717) is 5.56 Å². The molecule has 6 nitrogen and oxygen atoms in total. The fourth-order valence-corrected chi connectivity index (χ4v) is 4.94. The molecule has 1 aliphatic heterocycles. The van der Waals surface area contributed by atoms with Crippen molar-refractivity contribution in [3.8, 4) is 11.5 Å². The van der Waals surface area contributed by atoms with Gasteiger partial charge in [0, 0.05) is 11.6 Å². The van der Waals surface area contributed by atoms with Gasteiger partial charge in [-0.3, -0.25) is 9.59 Å². The van der Waals surface area contributed by atoms with E-state index in [0.717, 1.165) is 17.9 Å². The van der Waals surface area contributed by atoms with Gasteiger partial charge in [-0.05, 0) is 42.2 Å². The zero-order valence-electron chi connectivity index (χ0n) is 12.8. The molecule has 6 heteroatoms. The molecule has 5 rings (SSSR count). The molecule has 0 aromatic heterocycles. The van der Waals surface area contributed by atoms with Crippen LogP contribution in [0, 0.1) is 29.1 Å². The molecule has 3 fully saturated rings. The number of imide groups is 1. The third-order valence-corrected chi connectivity index (χ3v) is 6.16. The number of nitrogens with zero attached hydrogens (tertiary/aromatic N) is 2. The number of rotatable bonds is 2. The molecule has 1 aromatic rings. The normalized spacial score (nSPS) is 34.8. The van der Waals surface area contributed by atoms with Crippen LogP contribution in [-0.4, -0.2) is 33.3 Å². The van der Waals surface area contributed by atoms with Crippen molar-refractivity contribution in [3.05, 3.63) is 35.9 Å². The topological polar surface area (TPSA) is 90.2 Å². The van der Waals surface area contributed by atoms with Gasteiger partial charge < -0.3 is 10.2 Å². The molecule has 4 atom stereocenters. The lowest BCUT2D eigenvalue weighted by atomic mass is 9.85. The quantitative estimate of drug-likeness (QED) is 0.491. The lowest BCUT2D eigenvalue weighted by Gasteiger charge is -2.18. The molecule has 1 aromatic carbocycles. The van der Waals surface area contributed by atoms with Gasteiger partial charge in [-0.25, -0.2) is 0 Å². The number of hydrazone groups is 1. The van der Waals surface area contributed by atoms with Gasteiger partial charge in [0.05, 0.1) is 18.1 Å². The Morgan fingerprint density at radius 1 is 1.08 bits per heavy atom. The minimum Gasteiger partial charge on any atom is -0.508 e. The van der Waals surface area contributed by atoms with E-state index in [1.165, 1.54) is 24.4 Å². The van der Waals surface area contributed by atoms with E-state index in [2.05, 4.69) is 17.3 Å². The lowest BCUT2D eigenvalue weighted by molar-refractivity contribution is -0.141. The van der Waals surface area contributed by atoms with E-state index in [4.69, 9.17) is 0 Å².